The summed E-state index contributed by atoms with van der Waals surface area (Å²) < 4.78 is 170. The zero-order valence-electron chi connectivity index (χ0n) is 13.0. The van der Waals surface area contributed by atoms with Gasteiger partial charge in [0.05, 0.1) is 11.1 Å². The van der Waals surface area contributed by atoms with Crippen LogP contribution in [0, 0.1) is 22.7 Å². The van der Waals surface area contributed by atoms with E-state index in [9.17, 15) is 57.1 Å². The average Bonchev–Trinajstić information content (AvgIpc) is 2.59. The SMILES string of the molecule is N#Cc1ccc(C(F)(F)C(F)(F)C(F)(F)C(F)(F)C(F)(F)C(F)(F)F)cc1C#N. The Balaban J connectivity index is 3.68. The zero-order chi connectivity index (χ0) is 23.3. The molecule has 0 aliphatic heterocycles. The molecule has 15 heteroatoms. The molecular formula is C14H3F13N2. The van der Waals surface area contributed by atoms with Crippen LogP contribution in [-0.2, 0) is 5.92 Å². The molecule has 0 radical (unpaired) electrons. The van der Waals surface area contributed by atoms with Crippen molar-refractivity contribution >= 4 is 0 Å². The van der Waals surface area contributed by atoms with E-state index in [0.717, 1.165) is 6.07 Å². The van der Waals surface area contributed by atoms with Crippen LogP contribution in [0.5, 0.6) is 0 Å². The van der Waals surface area contributed by atoms with E-state index in [1.165, 1.54) is 6.07 Å². The van der Waals surface area contributed by atoms with Gasteiger partial charge in [0, 0.05) is 5.56 Å². The van der Waals surface area contributed by atoms with Crippen molar-refractivity contribution in [3.05, 3.63) is 34.9 Å². The second kappa shape index (κ2) is 6.67. The molecule has 29 heavy (non-hydrogen) atoms. The van der Waals surface area contributed by atoms with Gasteiger partial charge < -0.3 is 0 Å². The van der Waals surface area contributed by atoms with E-state index in [-0.39, 0.29) is 18.2 Å². The lowest BCUT2D eigenvalue weighted by molar-refractivity contribution is -0.441. The van der Waals surface area contributed by atoms with E-state index in [2.05, 4.69) is 0 Å². The van der Waals surface area contributed by atoms with Gasteiger partial charge in [0.2, 0.25) is 0 Å². The molecule has 0 aliphatic rings. The minimum atomic E-state index is -8.00. The van der Waals surface area contributed by atoms with Gasteiger partial charge in [0.1, 0.15) is 12.1 Å². The lowest BCUT2D eigenvalue weighted by Gasteiger charge is -2.39. The molecule has 2 nitrogen and oxygen atoms in total. The molecule has 0 amide bonds. The highest BCUT2D eigenvalue weighted by Crippen LogP contribution is 2.62. The Morgan fingerprint density at radius 3 is 1.34 bits per heavy atom. The summed E-state index contributed by atoms with van der Waals surface area (Å²) in [6.07, 6.45) is -7.49. The molecule has 0 spiro atoms. The van der Waals surface area contributed by atoms with Crippen LogP contribution >= 0.6 is 0 Å². The van der Waals surface area contributed by atoms with E-state index in [1.54, 1.807) is 0 Å². The first-order valence-corrected chi connectivity index (χ1v) is 6.64. The molecule has 160 valence electrons. The Morgan fingerprint density at radius 2 is 0.966 bits per heavy atom. The number of hydrogen-bond donors (Lipinski definition) is 0. The molecule has 0 N–H and O–H groups in total. The van der Waals surface area contributed by atoms with Crippen molar-refractivity contribution in [2.24, 2.45) is 0 Å². The first-order chi connectivity index (χ1) is 12.7. The van der Waals surface area contributed by atoms with Crippen LogP contribution in [0.25, 0.3) is 0 Å². The predicted octanol–water partition coefficient (Wildman–Crippen LogP) is 5.63. The van der Waals surface area contributed by atoms with E-state index in [4.69, 9.17) is 10.5 Å². The normalized spacial score (nSPS) is 14.3. The zero-order valence-corrected chi connectivity index (χ0v) is 13.0. The van der Waals surface area contributed by atoms with E-state index in [0.29, 0.717) is 0 Å². The average molecular weight is 446 g/mol. The quantitative estimate of drug-likeness (QED) is 0.551. The largest absolute Gasteiger partial charge is 0.460 e. The fraction of sp³-hybridized carbons (Fsp3) is 0.429. The Kier molecular flexibility index (Phi) is 5.60. The molecular weight excluding hydrogens is 443 g/mol. The molecule has 0 bridgehead atoms. The molecule has 0 saturated heterocycles. The summed E-state index contributed by atoms with van der Waals surface area (Å²) in [5.41, 5.74) is -4.17. The van der Waals surface area contributed by atoms with E-state index < -0.39 is 52.5 Å². The van der Waals surface area contributed by atoms with Gasteiger partial charge in [-0.05, 0) is 12.1 Å². The van der Waals surface area contributed by atoms with Crippen molar-refractivity contribution in [3.63, 3.8) is 0 Å². The summed E-state index contributed by atoms with van der Waals surface area (Å²) in [7, 11) is 0. The van der Waals surface area contributed by atoms with Crippen molar-refractivity contribution in [1.29, 1.82) is 10.5 Å². The van der Waals surface area contributed by atoms with Gasteiger partial charge in [-0.3, -0.25) is 0 Å². The molecule has 0 atom stereocenters. The van der Waals surface area contributed by atoms with Crippen LogP contribution in [0.15, 0.2) is 18.2 Å². The van der Waals surface area contributed by atoms with Crippen LogP contribution in [0.3, 0.4) is 0 Å². The van der Waals surface area contributed by atoms with Crippen molar-refractivity contribution in [2.75, 3.05) is 0 Å². The molecule has 1 aromatic rings. The number of alkyl halides is 13. The van der Waals surface area contributed by atoms with Gasteiger partial charge in [-0.25, -0.2) is 0 Å². The lowest BCUT2D eigenvalue weighted by atomic mass is 9.89. The predicted molar refractivity (Wildman–Crippen MR) is 65.6 cm³/mol. The maximum atomic E-state index is 13.9. The van der Waals surface area contributed by atoms with Crippen LogP contribution in [0.4, 0.5) is 57.1 Å². The number of hydrogen-bond acceptors (Lipinski definition) is 2. The van der Waals surface area contributed by atoms with Crippen molar-refractivity contribution in [2.45, 2.75) is 35.8 Å². The van der Waals surface area contributed by atoms with Gasteiger partial charge >= 0.3 is 35.8 Å². The van der Waals surface area contributed by atoms with Crippen LogP contribution < -0.4 is 0 Å². The van der Waals surface area contributed by atoms with Crippen molar-refractivity contribution in [1.82, 2.24) is 0 Å². The highest BCUT2D eigenvalue weighted by Gasteiger charge is 2.90. The lowest BCUT2D eigenvalue weighted by Crippen LogP contribution is -2.69. The van der Waals surface area contributed by atoms with Crippen LogP contribution in [0.1, 0.15) is 16.7 Å². The van der Waals surface area contributed by atoms with Crippen LogP contribution in [0.2, 0.25) is 0 Å². The second-order valence-electron chi connectivity index (χ2n) is 5.35. The summed E-state index contributed by atoms with van der Waals surface area (Å²) in [4.78, 5) is 0. The number of rotatable bonds is 5. The number of benzene rings is 1. The number of halogens is 13. The molecule has 0 saturated carbocycles. The maximum absolute atomic E-state index is 13.9. The Morgan fingerprint density at radius 1 is 0.552 bits per heavy atom. The topological polar surface area (TPSA) is 47.6 Å². The highest BCUT2D eigenvalue weighted by molar-refractivity contribution is 5.48. The van der Waals surface area contributed by atoms with Gasteiger partial charge in [-0.15, -0.1) is 0 Å². The fourth-order valence-corrected chi connectivity index (χ4v) is 1.88. The minimum Gasteiger partial charge on any atom is -0.194 e. The molecule has 0 unspecified atom stereocenters. The van der Waals surface area contributed by atoms with Gasteiger partial charge in [0.15, 0.2) is 0 Å². The van der Waals surface area contributed by atoms with Gasteiger partial charge in [-0.2, -0.15) is 67.6 Å². The number of nitriles is 2. The first-order valence-electron chi connectivity index (χ1n) is 6.64. The van der Waals surface area contributed by atoms with Gasteiger partial charge in [0.25, 0.3) is 0 Å². The van der Waals surface area contributed by atoms with E-state index in [1.807, 2.05) is 0 Å². The molecule has 1 aromatic carbocycles. The second-order valence-corrected chi connectivity index (χ2v) is 5.35. The third-order valence-electron chi connectivity index (χ3n) is 3.56. The maximum Gasteiger partial charge on any atom is 0.460 e. The number of nitrogens with zero attached hydrogens (tertiary/aromatic N) is 2. The fourth-order valence-electron chi connectivity index (χ4n) is 1.88. The molecule has 0 heterocycles. The molecule has 0 fully saturated rings. The smallest absolute Gasteiger partial charge is 0.194 e. The van der Waals surface area contributed by atoms with Crippen molar-refractivity contribution < 1.29 is 57.1 Å². The van der Waals surface area contributed by atoms with Gasteiger partial charge in [-0.1, -0.05) is 6.07 Å². The van der Waals surface area contributed by atoms with E-state index >= 15 is 0 Å². The third kappa shape index (κ3) is 3.22. The highest BCUT2D eigenvalue weighted by atomic mass is 19.4. The summed E-state index contributed by atoms with van der Waals surface area (Å²) in [6, 6.07) is 1.95. The Labute approximate surface area is 151 Å². The third-order valence-corrected chi connectivity index (χ3v) is 3.56. The minimum absolute atomic E-state index is 0.191. The summed E-state index contributed by atoms with van der Waals surface area (Å²) in [6.45, 7) is 0. The molecule has 0 aromatic heterocycles. The monoisotopic (exact) mass is 446 g/mol. The Hall–Kier alpha value is -2.71. The summed E-state index contributed by atoms with van der Waals surface area (Å²) >= 11 is 0. The summed E-state index contributed by atoms with van der Waals surface area (Å²) in [5, 5.41) is 17.2. The first kappa shape index (κ1) is 24.3. The molecule has 1 rings (SSSR count). The summed E-state index contributed by atoms with van der Waals surface area (Å²) in [5.74, 6) is -37.7. The van der Waals surface area contributed by atoms with Crippen LogP contribution in [-0.4, -0.2) is 29.9 Å². The standard InChI is InChI=1S/C14H3F13N2/c15-9(16,8-2-1-6(4-28)7(3-8)5-29)10(17,18)11(19,20)12(21,22)13(23,24)14(25,26)27/h1-3H. The molecule has 0 aliphatic carbocycles. The van der Waals surface area contributed by atoms with Crippen molar-refractivity contribution in [3.8, 4) is 12.1 Å². The Bertz CT molecular complexity index is 871.